The molecule has 0 aromatic heterocycles. The van der Waals surface area contributed by atoms with Crippen molar-refractivity contribution in [3.8, 4) is 0 Å². The predicted octanol–water partition coefficient (Wildman–Crippen LogP) is -12.5. The number of hydrogen-bond donors (Lipinski definition) is 28. The molecule has 14 fully saturated rings. The molecule has 10 saturated heterocycles. The SMILES string of the molecule is C[C@@H]1O[C@@H](O[C@@H]2[C@H](O[C@@H]3OC[C@@H](O[C@@H]4O[C@H](CO)[C@@H](O[C@@H]5O[C@H](CO)[C@H](O)[C@H](O)[C@H]5O)[C@H](O)[C@H]4O)[C@H](O[C@@H]4O[C@H](CO)[C@H](O)[C@H](O)[C@H]4O)[C@H]3O[C@@H]3O[C@H](CO)[C@@H](O)[C@H](O)[C@H]3O)[C@@H](O)[C@H](OC(=O)[C@]34CCC(C)(C)C[C@@H]3C3=CC[C@@H]5[C@@]6(C)CC[C@H](O[C@@H]7O[C@H](C(=O)O)[C@@H](O[C@@H]8O[C@H](CO)[C@H](O)[C@H](O)[C@H]8O)[C@H](O[C@@H]8OC[C@H](O)[C@@H](O)[C@@H]8O)[C@H]7O)[C@@](C)(C=O)[C@H]6CC[C@@]5(C)[C@]3(C)CC4)O[C@@H]2C)[C@H](O)[C@H](O)[C@H]1O. The second kappa shape index (κ2) is 42.9. The lowest BCUT2D eigenvalue weighted by molar-refractivity contribution is -0.414. The molecule has 0 bridgehead atoms. The third kappa shape index (κ3) is 19.9. The van der Waals surface area contributed by atoms with E-state index in [1.807, 2.05) is 0 Å². The first-order valence-electron chi connectivity index (χ1n) is 47.5. The predicted molar refractivity (Wildman–Crippen MR) is 445 cm³/mol. The third-order valence-corrected chi connectivity index (χ3v) is 33.2. The summed E-state index contributed by atoms with van der Waals surface area (Å²) in [5, 5.41) is 311. The lowest BCUT2D eigenvalue weighted by Gasteiger charge is -2.71. The maximum atomic E-state index is 16.4. The molecule has 28 N–H and O–H groups in total. The van der Waals surface area contributed by atoms with Gasteiger partial charge in [-0.25, -0.2) is 4.79 Å². The molecular weight excluding hydrogens is 1870 g/mol. The molecule has 0 radical (unpaired) electrons. The Morgan fingerprint density at radius 1 is 0.374 bits per heavy atom. The highest BCUT2D eigenvalue weighted by Gasteiger charge is 2.73. The number of rotatable bonds is 27. The summed E-state index contributed by atoms with van der Waals surface area (Å²) >= 11 is 0. The standard InChI is InChI=1S/C88H140O51/c1-28-42(96)48(102)55(109)73(122-28)131-63-29(2)123-79(61(115)66(63)135-81-70(138-78-59(113)52(106)47(101)36(23-92)127-78)65(133-76-57(111)50(104)45(99)34(21-90)125-76)38(26-121-81)129-74-60(114)53(107)64(37(24-93)128-74)132-75-56(110)49(103)44(98)33(20-89)124-75)139-82(119)88-17-15-83(3,4)19-31(88)30-9-10-40-84(5)13-12-41(85(6,27-94)39(84)11-14-87(40,8)86(30,7)16-18-88)130-80-62(116)67(134-72-54(108)43(97)32(95)25-120-72)68(69(137-80)71(117)118)136-77-58(112)51(105)46(100)35(22-91)126-77/h9,27-29,31-70,72-81,89-93,95-116H,10-26H2,1-8H3,(H,117,118)/t28-,29+,31+,32-,33+,34+,35+,36+,37+,38+,39-,40+,41-,42-,43+,44-,45-,46-,47+,48+,49-,50-,51-,52-,53+,54-,55+,56+,57+,58+,59+,60+,61+,62+,63-,64+,65-,66+,67+,68-,69-,70+,72-,73-,74-,75-,76-,77-,78-,79-,80+,81-,84-,85-,86+,87+,88-/m0/s1. The van der Waals surface area contributed by atoms with Crippen molar-refractivity contribution in [3.05, 3.63) is 11.6 Å². The summed E-state index contributed by atoms with van der Waals surface area (Å²) in [5.74, 6) is -3.96. The van der Waals surface area contributed by atoms with E-state index in [-0.39, 0.29) is 25.2 Å². The number of aldehydes is 1. The van der Waals surface area contributed by atoms with Gasteiger partial charge in [0.25, 0.3) is 0 Å². The molecule has 51 nitrogen and oxygen atoms in total. The number of aliphatic hydroxyl groups is 27. The van der Waals surface area contributed by atoms with Gasteiger partial charge in [-0.15, -0.1) is 0 Å². The molecule has 51 heteroatoms. The summed E-state index contributed by atoms with van der Waals surface area (Å²) in [7, 11) is 0. The number of hydrogen-bond acceptors (Lipinski definition) is 50. The summed E-state index contributed by atoms with van der Waals surface area (Å²) in [6.45, 7) is 8.27. The minimum absolute atomic E-state index is 0.0853. The van der Waals surface area contributed by atoms with E-state index >= 15 is 4.79 Å². The van der Waals surface area contributed by atoms with Gasteiger partial charge in [-0.1, -0.05) is 53.2 Å². The van der Waals surface area contributed by atoms with E-state index in [4.69, 9.17) is 94.7 Å². The Morgan fingerprint density at radius 3 is 1.33 bits per heavy atom. The molecular formula is C88H140O51. The Balaban J connectivity index is 0.725. The van der Waals surface area contributed by atoms with Crippen molar-refractivity contribution >= 4 is 18.2 Å². The molecule has 0 aromatic carbocycles. The number of fused-ring (bicyclic) bond motifs is 7. The van der Waals surface area contributed by atoms with Crippen LogP contribution in [0.2, 0.25) is 0 Å². The summed E-state index contributed by atoms with van der Waals surface area (Å²) in [5.41, 5.74) is -4.44. The summed E-state index contributed by atoms with van der Waals surface area (Å²) in [4.78, 5) is 44.2. The van der Waals surface area contributed by atoms with Gasteiger partial charge in [0, 0.05) is 0 Å². The number of esters is 1. The monoisotopic (exact) mass is 2010 g/mol. The Kier molecular flexibility index (Phi) is 33.8. The molecule has 15 aliphatic rings. The molecule has 139 heavy (non-hydrogen) atoms. The normalized spacial score (nSPS) is 54.6. The number of allylic oxidation sites excluding steroid dienone is 2. The molecule has 57 atom stereocenters. The number of aliphatic hydroxyl groups excluding tert-OH is 27. The van der Waals surface area contributed by atoms with Crippen LogP contribution in [0.5, 0.6) is 0 Å². The number of ether oxygens (including phenoxy) is 20. The lowest BCUT2D eigenvalue weighted by Crippen LogP contribution is -2.69. The van der Waals surface area contributed by atoms with Crippen LogP contribution in [0, 0.1) is 50.2 Å². The van der Waals surface area contributed by atoms with Crippen molar-refractivity contribution < 1.29 is 252 Å². The van der Waals surface area contributed by atoms with Gasteiger partial charge in [0.1, 0.15) is 220 Å². The zero-order valence-corrected chi connectivity index (χ0v) is 77.6. The van der Waals surface area contributed by atoms with Crippen LogP contribution in [0.3, 0.4) is 0 Å². The topological polar surface area (TPSA) is 802 Å². The minimum Gasteiger partial charge on any atom is -0.479 e. The smallest absolute Gasteiger partial charge is 0.335 e. The Hall–Kier alpha value is -3.49. The summed E-state index contributed by atoms with van der Waals surface area (Å²) in [6, 6.07) is 0. The molecule has 0 aromatic rings. The van der Waals surface area contributed by atoms with Crippen LogP contribution in [0.4, 0.5) is 0 Å². The Morgan fingerprint density at radius 2 is 0.799 bits per heavy atom. The third-order valence-electron chi connectivity index (χ3n) is 33.2. The van der Waals surface area contributed by atoms with E-state index in [1.54, 1.807) is 6.92 Å². The second-order valence-electron chi connectivity index (χ2n) is 41.9. The van der Waals surface area contributed by atoms with Crippen LogP contribution in [-0.4, -0.2) is 508 Å². The maximum Gasteiger partial charge on any atom is 0.335 e. The van der Waals surface area contributed by atoms with Gasteiger partial charge in [-0.05, 0) is 117 Å². The number of aliphatic carboxylic acids is 1. The van der Waals surface area contributed by atoms with Crippen LogP contribution in [0.25, 0.3) is 0 Å². The average molecular weight is 2010 g/mol. The van der Waals surface area contributed by atoms with E-state index in [2.05, 4.69) is 40.7 Å². The van der Waals surface area contributed by atoms with Gasteiger partial charge >= 0.3 is 11.9 Å². The molecule has 5 aliphatic carbocycles. The van der Waals surface area contributed by atoms with Crippen molar-refractivity contribution in [2.75, 3.05) is 46.2 Å². The summed E-state index contributed by atoms with van der Waals surface area (Å²) in [6.07, 6.45) is -92.0. The average Bonchev–Trinajstić information content (AvgIpc) is 0.671. The van der Waals surface area contributed by atoms with Crippen molar-refractivity contribution in [1.29, 1.82) is 0 Å². The zero-order chi connectivity index (χ0) is 101. The molecule has 10 heterocycles. The zero-order valence-electron chi connectivity index (χ0n) is 77.6. The number of carboxylic acid groups (broad SMARTS) is 1. The van der Waals surface area contributed by atoms with Gasteiger partial charge in [-0.2, -0.15) is 0 Å². The Bertz CT molecular complexity index is 4120. The van der Waals surface area contributed by atoms with Crippen LogP contribution >= 0.6 is 0 Å². The van der Waals surface area contributed by atoms with Crippen molar-refractivity contribution in [1.82, 2.24) is 0 Å². The molecule has 10 aliphatic heterocycles. The Labute approximate surface area is 796 Å². The summed E-state index contributed by atoms with van der Waals surface area (Å²) < 4.78 is 123. The fourth-order valence-corrected chi connectivity index (χ4v) is 24.6. The van der Waals surface area contributed by atoms with Crippen LogP contribution in [0.15, 0.2) is 11.6 Å². The number of carboxylic acids is 1. The number of carbonyl (C=O) groups is 3. The fraction of sp³-hybridized carbons (Fsp3) is 0.943. The van der Waals surface area contributed by atoms with E-state index in [1.165, 1.54) is 13.8 Å². The highest BCUT2D eigenvalue weighted by molar-refractivity contribution is 5.79. The van der Waals surface area contributed by atoms with Crippen molar-refractivity contribution in [3.63, 3.8) is 0 Å². The van der Waals surface area contributed by atoms with Gasteiger partial charge < -0.3 is 243 Å². The molecule has 798 valence electrons. The van der Waals surface area contributed by atoms with Crippen LogP contribution < -0.4 is 0 Å². The molecule has 4 saturated carbocycles. The van der Waals surface area contributed by atoms with Gasteiger partial charge in [-0.3, -0.25) is 4.79 Å². The first kappa shape index (κ1) is 110. The highest BCUT2D eigenvalue weighted by atomic mass is 16.8. The lowest BCUT2D eigenvalue weighted by atomic mass is 9.33. The van der Waals surface area contributed by atoms with Gasteiger partial charge in [0.15, 0.2) is 62.7 Å². The van der Waals surface area contributed by atoms with E-state index in [0.29, 0.717) is 44.9 Å². The molecule has 15 rings (SSSR count). The largest absolute Gasteiger partial charge is 0.479 e. The first-order chi connectivity index (χ1) is 65.5. The number of carbonyl (C=O) groups excluding carboxylic acids is 2. The van der Waals surface area contributed by atoms with E-state index < -0.39 is 403 Å². The minimum atomic E-state index is -2.35. The first-order valence-corrected chi connectivity index (χ1v) is 47.5. The van der Waals surface area contributed by atoms with Crippen molar-refractivity contribution in [2.24, 2.45) is 50.2 Å². The van der Waals surface area contributed by atoms with Gasteiger partial charge in [0.05, 0.1) is 75.4 Å². The molecule has 0 amide bonds. The van der Waals surface area contributed by atoms with Crippen LogP contribution in [0.1, 0.15) is 120 Å². The van der Waals surface area contributed by atoms with Crippen molar-refractivity contribution in [2.45, 2.75) is 421 Å². The molecule has 0 unspecified atom stereocenters. The fourth-order valence-electron chi connectivity index (χ4n) is 24.6. The van der Waals surface area contributed by atoms with E-state index in [9.17, 15) is 153 Å². The van der Waals surface area contributed by atoms with Gasteiger partial charge in [0.2, 0.25) is 6.29 Å². The highest BCUT2D eigenvalue weighted by Crippen LogP contribution is 2.76. The quantitative estimate of drug-likeness (QED) is 0.0157. The van der Waals surface area contributed by atoms with E-state index in [0.717, 1.165) is 11.9 Å². The maximum absolute atomic E-state index is 16.4. The second-order valence-corrected chi connectivity index (χ2v) is 41.9. The molecule has 0 spiro atoms. The van der Waals surface area contributed by atoms with Crippen LogP contribution in [-0.2, 0) is 109 Å².